The first-order valence-corrected chi connectivity index (χ1v) is 6.44. The second kappa shape index (κ2) is 7.28. The summed E-state index contributed by atoms with van der Waals surface area (Å²) < 4.78 is 0. The first kappa shape index (κ1) is 14.0. The van der Waals surface area contributed by atoms with Crippen LogP contribution < -0.4 is 5.32 Å². The van der Waals surface area contributed by atoms with Crippen LogP contribution in [0.4, 0.5) is 0 Å². The molecule has 1 amide bonds. The molecule has 0 aliphatic heterocycles. The smallest absolute Gasteiger partial charge is 0.254 e. The molecule has 1 N–H and O–H groups in total. The van der Waals surface area contributed by atoms with E-state index in [4.69, 9.17) is 11.6 Å². The lowest BCUT2D eigenvalue weighted by atomic mass is 10.1. The van der Waals surface area contributed by atoms with Crippen LogP contribution in [0.3, 0.4) is 0 Å². The third-order valence-corrected chi connectivity index (χ3v) is 2.92. The fourth-order valence-electron chi connectivity index (χ4n) is 1.63. The first-order chi connectivity index (χ1) is 8.15. The molecule has 4 heteroatoms. The van der Waals surface area contributed by atoms with Crippen LogP contribution in [0.1, 0.15) is 49.9 Å². The van der Waals surface area contributed by atoms with Gasteiger partial charge in [-0.05, 0) is 25.5 Å². The molecule has 1 heterocycles. The number of nitrogens with one attached hydrogen (secondary N) is 1. The number of halogens is 1. The van der Waals surface area contributed by atoms with Crippen LogP contribution in [-0.4, -0.2) is 16.9 Å². The zero-order valence-electron chi connectivity index (χ0n) is 10.4. The van der Waals surface area contributed by atoms with Gasteiger partial charge in [-0.3, -0.25) is 4.79 Å². The summed E-state index contributed by atoms with van der Waals surface area (Å²) in [4.78, 5) is 15.8. The van der Waals surface area contributed by atoms with E-state index in [1.165, 1.54) is 12.8 Å². The fraction of sp³-hybridized carbons (Fsp3) is 0.538. The molecule has 1 atom stereocenters. The highest BCUT2D eigenvalue weighted by molar-refractivity contribution is 6.32. The molecule has 0 spiro atoms. The minimum atomic E-state index is -0.146. The Morgan fingerprint density at radius 1 is 1.53 bits per heavy atom. The van der Waals surface area contributed by atoms with Crippen molar-refractivity contribution in [3.8, 4) is 0 Å². The van der Waals surface area contributed by atoms with Gasteiger partial charge in [-0.2, -0.15) is 0 Å². The van der Waals surface area contributed by atoms with E-state index < -0.39 is 0 Å². The number of carbonyl (C=O) groups excluding carboxylic acids is 1. The highest BCUT2D eigenvalue weighted by atomic mass is 35.5. The van der Waals surface area contributed by atoms with E-state index in [9.17, 15) is 4.79 Å². The van der Waals surface area contributed by atoms with Gasteiger partial charge in [-0.25, -0.2) is 4.98 Å². The summed E-state index contributed by atoms with van der Waals surface area (Å²) in [6, 6.07) is 3.57. The Kier molecular flexibility index (Phi) is 5.98. The molecule has 0 saturated heterocycles. The summed E-state index contributed by atoms with van der Waals surface area (Å²) in [5.74, 6) is -0.146. The van der Waals surface area contributed by atoms with Crippen LogP contribution in [-0.2, 0) is 0 Å². The SMILES string of the molecule is CCCCC[C@H](C)NC(=O)c1cccnc1Cl. The second-order valence-electron chi connectivity index (χ2n) is 4.21. The van der Waals surface area contributed by atoms with Crippen molar-refractivity contribution in [2.45, 2.75) is 45.6 Å². The van der Waals surface area contributed by atoms with Crippen molar-refractivity contribution in [2.75, 3.05) is 0 Å². The summed E-state index contributed by atoms with van der Waals surface area (Å²) in [6.07, 6.45) is 6.10. The summed E-state index contributed by atoms with van der Waals surface area (Å²) in [5.41, 5.74) is 0.441. The number of aromatic nitrogens is 1. The van der Waals surface area contributed by atoms with Gasteiger partial charge in [0.1, 0.15) is 5.15 Å². The lowest BCUT2D eigenvalue weighted by Gasteiger charge is -2.13. The van der Waals surface area contributed by atoms with Gasteiger partial charge in [0.2, 0.25) is 0 Å². The average molecular weight is 255 g/mol. The molecular weight excluding hydrogens is 236 g/mol. The van der Waals surface area contributed by atoms with E-state index in [0.29, 0.717) is 5.56 Å². The third kappa shape index (κ3) is 4.73. The Morgan fingerprint density at radius 2 is 2.29 bits per heavy atom. The summed E-state index contributed by atoms with van der Waals surface area (Å²) in [6.45, 7) is 4.18. The van der Waals surface area contributed by atoms with Crippen LogP contribution in [0.5, 0.6) is 0 Å². The van der Waals surface area contributed by atoms with Crippen LogP contribution in [0.2, 0.25) is 5.15 Å². The summed E-state index contributed by atoms with van der Waals surface area (Å²) in [5, 5.41) is 3.19. The molecule has 3 nitrogen and oxygen atoms in total. The summed E-state index contributed by atoms with van der Waals surface area (Å²) >= 11 is 5.86. The van der Waals surface area contributed by atoms with Crippen LogP contribution in [0, 0.1) is 0 Å². The molecule has 0 radical (unpaired) electrons. The van der Waals surface area contributed by atoms with E-state index >= 15 is 0 Å². The van der Waals surface area contributed by atoms with Gasteiger partial charge in [0.15, 0.2) is 0 Å². The maximum atomic E-state index is 11.9. The molecule has 0 saturated carbocycles. The molecular formula is C13H19ClN2O. The predicted molar refractivity (Wildman–Crippen MR) is 70.3 cm³/mol. The van der Waals surface area contributed by atoms with E-state index in [1.54, 1.807) is 18.3 Å². The van der Waals surface area contributed by atoms with Crippen LogP contribution >= 0.6 is 11.6 Å². The molecule has 1 aromatic rings. The van der Waals surface area contributed by atoms with Crippen LogP contribution in [0.15, 0.2) is 18.3 Å². The number of hydrogen-bond donors (Lipinski definition) is 1. The van der Waals surface area contributed by atoms with Gasteiger partial charge >= 0.3 is 0 Å². The molecule has 0 bridgehead atoms. The van der Waals surface area contributed by atoms with Crippen LogP contribution in [0.25, 0.3) is 0 Å². The van der Waals surface area contributed by atoms with Crippen molar-refractivity contribution in [3.63, 3.8) is 0 Å². The zero-order valence-corrected chi connectivity index (χ0v) is 11.1. The molecule has 17 heavy (non-hydrogen) atoms. The predicted octanol–water partition coefficient (Wildman–Crippen LogP) is 3.43. The van der Waals surface area contributed by atoms with Gasteiger partial charge in [-0.1, -0.05) is 37.8 Å². The van der Waals surface area contributed by atoms with Gasteiger partial charge < -0.3 is 5.32 Å². The monoisotopic (exact) mass is 254 g/mol. The molecule has 94 valence electrons. The standard InChI is InChI=1S/C13H19ClN2O/c1-3-4-5-7-10(2)16-13(17)11-8-6-9-15-12(11)14/h6,8-10H,3-5,7H2,1-2H3,(H,16,17)/t10-/m0/s1. The van der Waals surface area contributed by atoms with Crippen molar-refractivity contribution < 1.29 is 4.79 Å². The normalized spacial score (nSPS) is 12.2. The molecule has 0 unspecified atom stereocenters. The molecule has 0 aliphatic carbocycles. The minimum absolute atomic E-state index is 0.146. The largest absolute Gasteiger partial charge is 0.349 e. The lowest BCUT2D eigenvalue weighted by Crippen LogP contribution is -2.32. The number of unbranched alkanes of at least 4 members (excludes halogenated alkanes) is 2. The number of hydrogen-bond acceptors (Lipinski definition) is 2. The van der Waals surface area contributed by atoms with E-state index in [-0.39, 0.29) is 17.1 Å². The van der Waals surface area contributed by atoms with Crippen molar-refractivity contribution in [1.29, 1.82) is 0 Å². The molecule has 0 fully saturated rings. The van der Waals surface area contributed by atoms with E-state index in [0.717, 1.165) is 12.8 Å². The van der Waals surface area contributed by atoms with Crippen molar-refractivity contribution in [1.82, 2.24) is 10.3 Å². The Bertz CT molecular complexity index is 368. The molecule has 1 aromatic heterocycles. The van der Waals surface area contributed by atoms with E-state index in [1.807, 2.05) is 6.92 Å². The quantitative estimate of drug-likeness (QED) is 0.624. The Balaban J connectivity index is 2.46. The fourth-order valence-corrected chi connectivity index (χ4v) is 1.83. The highest BCUT2D eigenvalue weighted by Crippen LogP contribution is 2.12. The summed E-state index contributed by atoms with van der Waals surface area (Å²) in [7, 11) is 0. The molecule has 1 rings (SSSR count). The first-order valence-electron chi connectivity index (χ1n) is 6.06. The van der Waals surface area contributed by atoms with Gasteiger partial charge in [-0.15, -0.1) is 0 Å². The Morgan fingerprint density at radius 3 is 2.94 bits per heavy atom. The zero-order chi connectivity index (χ0) is 12.7. The second-order valence-corrected chi connectivity index (χ2v) is 4.57. The van der Waals surface area contributed by atoms with Gasteiger partial charge in [0.05, 0.1) is 5.56 Å². The Labute approximate surface area is 108 Å². The van der Waals surface area contributed by atoms with Crippen molar-refractivity contribution in [2.24, 2.45) is 0 Å². The number of rotatable bonds is 6. The molecule has 0 aromatic carbocycles. The number of pyridine rings is 1. The number of nitrogens with zero attached hydrogens (tertiary/aromatic N) is 1. The van der Waals surface area contributed by atoms with Gasteiger partial charge in [0.25, 0.3) is 5.91 Å². The topological polar surface area (TPSA) is 42.0 Å². The van der Waals surface area contributed by atoms with Gasteiger partial charge in [0, 0.05) is 12.2 Å². The maximum absolute atomic E-state index is 11.9. The third-order valence-electron chi connectivity index (χ3n) is 2.62. The number of carbonyl (C=O) groups is 1. The lowest BCUT2D eigenvalue weighted by molar-refractivity contribution is 0.0937. The highest BCUT2D eigenvalue weighted by Gasteiger charge is 2.12. The number of amides is 1. The van der Waals surface area contributed by atoms with Crippen molar-refractivity contribution >= 4 is 17.5 Å². The minimum Gasteiger partial charge on any atom is -0.349 e. The Hall–Kier alpha value is -1.09. The average Bonchev–Trinajstić information content (AvgIpc) is 2.29. The van der Waals surface area contributed by atoms with Crippen molar-refractivity contribution in [3.05, 3.63) is 29.0 Å². The van der Waals surface area contributed by atoms with E-state index in [2.05, 4.69) is 17.2 Å². The molecule has 0 aliphatic rings. The maximum Gasteiger partial charge on any atom is 0.254 e.